The number of benzene rings is 2. The Morgan fingerprint density at radius 2 is 1.88 bits per heavy atom. The predicted octanol–water partition coefficient (Wildman–Crippen LogP) is 4.53. The number of hydrogen-bond donors (Lipinski definition) is 1. The first-order chi connectivity index (χ1) is 11.6. The van der Waals surface area contributed by atoms with E-state index in [2.05, 4.69) is 10.5 Å². The van der Waals surface area contributed by atoms with Crippen molar-refractivity contribution < 1.29 is 9.32 Å². The van der Waals surface area contributed by atoms with Gasteiger partial charge in [0, 0.05) is 23.2 Å². The summed E-state index contributed by atoms with van der Waals surface area (Å²) in [6.07, 6.45) is 0. The van der Waals surface area contributed by atoms with Crippen molar-refractivity contribution in [1.29, 1.82) is 0 Å². The Morgan fingerprint density at radius 3 is 2.58 bits per heavy atom. The lowest BCUT2D eigenvalue weighted by molar-refractivity contribution is 0.0942. The highest BCUT2D eigenvalue weighted by atomic mass is 35.5. The average molecular weight is 341 g/mol. The first-order valence-corrected chi connectivity index (χ1v) is 8.07. The molecule has 0 fully saturated rings. The molecule has 1 unspecified atom stereocenters. The molecule has 5 heteroatoms. The lowest BCUT2D eigenvalue weighted by Gasteiger charge is -2.12. The molecule has 0 aliphatic heterocycles. The van der Waals surface area contributed by atoms with E-state index in [0.29, 0.717) is 17.3 Å². The van der Waals surface area contributed by atoms with Gasteiger partial charge in [0.1, 0.15) is 0 Å². The normalized spacial score (nSPS) is 11.9. The summed E-state index contributed by atoms with van der Waals surface area (Å²) in [7, 11) is 0. The SMILES string of the molecule is CC(CNC(=O)c1cc(-c2ccccc2)on1)c1ccc(Cl)cc1. The zero-order chi connectivity index (χ0) is 16.9. The number of carbonyl (C=O) groups excluding carboxylic acids is 1. The number of carbonyl (C=O) groups is 1. The number of amides is 1. The van der Waals surface area contributed by atoms with Crippen LogP contribution in [0.1, 0.15) is 28.9 Å². The summed E-state index contributed by atoms with van der Waals surface area (Å²) in [5.74, 6) is 0.500. The first-order valence-electron chi connectivity index (χ1n) is 7.69. The minimum atomic E-state index is -0.248. The molecule has 0 spiro atoms. The van der Waals surface area contributed by atoms with Gasteiger partial charge in [-0.05, 0) is 23.6 Å². The van der Waals surface area contributed by atoms with Crippen molar-refractivity contribution in [3.8, 4) is 11.3 Å². The number of aromatic nitrogens is 1. The maximum absolute atomic E-state index is 12.2. The summed E-state index contributed by atoms with van der Waals surface area (Å²) >= 11 is 5.89. The van der Waals surface area contributed by atoms with Gasteiger partial charge in [0.15, 0.2) is 11.5 Å². The molecule has 1 N–H and O–H groups in total. The van der Waals surface area contributed by atoms with Crippen molar-refractivity contribution in [3.05, 3.63) is 76.9 Å². The minimum absolute atomic E-state index is 0.173. The van der Waals surface area contributed by atoms with Gasteiger partial charge in [0.2, 0.25) is 0 Å². The Morgan fingerprint density at radius 1 is 1.17 bits per heavy atom. The third-order valence-corrected chi connectivity index (χ3v) is 4.06. The molecule has 1 atom stereocenters. The molecule has 24 heavy (non-hydrogen) atoms. The van der Waals surface area contributed by atoms with Crippen LogP contribution in [0.5, 0.6) is 0 Å². The summed E-state index contributed by atoms with van der Waals surface area (Å²) < 4.78 is 5.25. The monoisotopic (exact) mass is 340 g/mol. The van der Waals surface area contributed by atoms with Gasteiger partial charge in [-0.15, -0.1) is 0 Å². The number of halogens is 1. The predicted molar refractivity (Wildman–Crippen MR) is 94.1 cm³/mol. The highest BCUT2D eigenvalue weighted by Gasteiger charge is 2.15. The lowest BCUT2D eigenvalue weighted by atomic mass is 10.0. The fourth-order valence-corrected chi connectivity index (χ4v) is 2.49. The molecular weight excluding hydrogens is 324 g/mol. The maximum Gasteiger partial charge on any atom is 0.273 e. The quantitative estimate of drug-likeness (QED) is 0.742. The molecule has 0 saturated heterocycles. The summed E-state index contributed by atoms with van der Waals surface area (Å²) in [4.78, 5) is 12.2. The third kappa shape index (κ3) is 3.84. The van der Waals surface area contributed by atoms with Crippen LogP contribution < -0.4 is 5.32 Å². The van der Waals surface area contributed by atoms with E-state index in [1.807, 2.05) is 61.5 Å². The van der Waals surface area contributed by atoms with Crippen molar-refractivity contribution >= 4 is 17.5 Å². The molecule has 122 valence electrons. The van der Waals surface area contributed by atoms with Crippen LogP contribution in [-0.2, 0) is 0 Å². The number of nitrogens with one attached hydrogen (secondary N) is 1. The van der Waals surface area contributed by atoms with Crippen LogP contribution in [-0.4, -0.2) is 17.6 Å². The molecule has 2 aromatic carbocycles. The van der Waals surface area contributed by atoms with Crippen LogP contribution in [0.15, 0.2) is 65.2 Å². The van der Waals surface area contributed by atoms with Crippen LogP contribution >= 0.6 is 11.6 Å². The largest absolute Gasteiger partial charge is 0.355 e. The van der Waals surface area contributed by atoms with Gasteiger partial charge in [0.05, 0.1) is 0 Å². The molecule has 0 bridgehead atoms. The van der Waals surface area contributed by atoms with E-state index in [1.54, 1.807) is 6.07 Å². The van der Waals surface area contributed by atoms with Crippen LogP contribution in [0.25, 0.3) is 11.3 Å². The van der Waals surface area contributed by atoms with E-state index in [-0.39, 0.29) is 17.5 Å². The van der Waals surface area contributed by atoms with Gasteiger partial charge in [-0.3, -0.25) is 4.79 Å². The highest BCUT2D eigenvalue weighted by molar-refractivity contribution is 6.30. The molecule has 3 rings (SSSR count). The van der Waals surface area contributed by atoms with Crippen molar-refractivity contribution in [3.63, 3.8) is 0 Å². The lowest BCUT2D eigenvalue weighted by Crippen LogP contribution is -2.27. The first kappa shape index (κ1) is 16.3. The molecule has 1 aromatic heterocycles. The van der Waals surface area contributed by atoms with Gasteiger partial charge < -0.3 is 9.84 Å². The van der Waals surface area contributed by atoms with Gasteiger partial charge in [-0.2, -0.15) is 0 Å². The molecule has 4 nitrogen and oxygen atoms in total. The number of rotatable bonds is 5. The smallest absolute Gasteiger partial charge is 0.273 e. The van der Waals surface area contributed by atoms with E-state index in [4.69, 9.17) is 16.1 Å². The zero-order valence-corrected chi connectivity index (χ0v) is 14.0. The highest BCUT2D eigenvalue weighted by Crippen LogP contribution is 2.20. The Balaban J connectivity index is 1.61. The second kappa shape index (κ2) is 7.32. The molecule has 1 amide bonds. The van der Waals surface area contributed by atoms with Gasteiger partial charge >= 0.3 is 0 Å². The van der Waals surface area contributed by atoms with Crippen molar-refractivity contribution in [2.24, 2.45) is 0 Å². The maximum atomic E-state index is 12.2. The van der Waals surface area contributed by atoms with E-state index in [1.165, 1.54) is 0 Å². The Hall–Kier alpha value is -2.59. The summed E-state index contributed by atoms with van der Waals surface area (Å²) in [5, 5.41) is 7.43. The summed E-state index contributed by atoms with van der Waals surface area (Å²) in [5.41, 5.74) is 2.28. The summed E-state index contributed by atoms with van der Waals surface area (Å²) in [6, 6.07) is 18.8. The third-order valence-electron chi connectivity index (χ3n) is 3.81. The van der Waals surface area contributed by atoms with Crippen LogP contribution in [0.4, 0.5) is 0 Å². The Kier molecular flexibility index (Phi) is 4.96. The Labute approximate surface area is 145 Å². The minimum Gasteiger partial charge on any atom is -0.355 e. The zero-order valence-electron chi connectivity index (χ0n) is 13.2. The van der Waals surface area contributed by atoms with E-state index in [0.717, 1.165) is 11.1 Å². The standard InChI is InChI=1S/C19H17ClN2O2/c1-13(14-7-9-16(20)10-8-14)12-21-19(23)17-11-18(24-22-17)15-5-3-2-4-6-15/h2-11,13H,12H2,1H3,(H,21,23). The van der Waals surface area contributed by atoms with E-state index < -0.39 is 0 Å². The topological polar surface area (TPSA) is 55.1 Å². The second-order valence-electron chi connectivity index (χ2n) is 5.61. The van der Waals surface area contributed by atoms with Crippen LogP contribution in [0, 0.1) is 0 Å². The van der Waals surface area contributed by atoms with Crippen LogP contribution in [0.3, 0.4) is 0 Å². The molecule has 0 radical (unpaired) electrons. The average Bonchev–Trinajstić information content (AvgIpc) is 3.11. The van der Waals surface area contributed by atoms with Gasteiger partial charge in [-0.1, -0.05) is 66.1 Å². The molecular formula is C19H17ClN2O2. The Bertz CT molecular complexity index is 813. The van der Waals surface area contributed by atoms with Gasteiger partial charge in [0.25, 0.3) is 5.91 Å². The molecule has 0 saturated carbocycles. The molecule has 0 aliphatic rings. The van der Waals surface area contributed by atoms with E-state index >= 15 is 0 Å². The second-order valence-corrected chi connectivity index (χ2v) is 6.04. The summed E-state index contributed by atoms with van der Waals surface area (Å²) in [6.45, 7) is 2.55. The van der Waals surface area contributed by atoms with Crippen LogP contribution in [0.2, 0.25) is 5.02 Å². The van der Waals surface area contributed by atoms with Crippen molar-refractivity contribution in [2.75, 3.05) is 6.54 Å². The molecule has 3 aromatic rings. The number of hydrogen-bond acceptors (Lipinski definition) is 3. The van der Waals surface area contributed by atoms with E-state index in [9.17, 15) is 4.79 Å². The van der Waals surface area contributed by atoms with Gasteiger partial charge in [-0.25, -0.2) is 0 Å². The fourth-order valence-electron chi connectivity index (χ4n) is 2.37. The molecule has 0 aliphatic carbocycles. The molecule has 1 heterocycles. The van der Waals surface area contributed by atoms with Crippen molar-refractivity contribution in [2.45, 2.75) is 12.8 Å². The number of nitrogens with zero attached hydrogens (tertiary/aromatic N) is 1. The van der Waals surface area contributed by atoms with Crippen molar-refractivity contribution in [1.82, 2.24) is 10.5 Å². The fraction of sp³-hybridized carbons (Fsp3) is 0.158.